The summed E-state index contributed by atoms with van der Waals surface area (Å²) in [6.45, 7) is 2.19. The van der Waals surface area contributed by atoms with Crippen molar-refractivity contribution in [3.8, 4) is 11.5 Å². The molecule has 6 rings (SSSR count). The third-order valence-electron chi connectivity index (χ3n) is 8.84. The molecule has 0 unspecified atom stereocenters. The van der Waals surface area contributed by atoms with E-state index in [2.05, 4.69) is 56.6 Å². The molecule has 1 saturated heterocycles. The van der Waals surface area contributed by atoms with Crippen molar-refractivity contribution in [1.29, 1.82) is 0 Å². The Morgan fingerprint density at radius 3 is 2.35 bits per heavy atom. The van der Waals surface area contributed by atoms with E-state index in [1.807, 2.05) is 42.6 Å². The number of carbonyl (C=O) groups excluding carboxylic acids is 1. The molecule has 1 aliphatic heterocycles. The SMILES string of the molecule is COc1ccc(Cn2c(CCc3ccccc3)nnc2[C@@H](Cc2c[nH]c3ccccc23)NC(=O)C2CCNCC2)c(OC)c1.O=C(O)C(F)(F)F. The Hall–Kier alpha value is -5.37. The minimum Gasteiger partial charge on any atom is -0.497 e. The van der Waals surface area contributed by atoms with Crippen LogP contribution in [0.15, 0.2) is 79.0 Å². The lowest BCUT2D eigenvalue weighted by Crippen LogP contribution is -2.41. The molecular formula is C37H41F3N6O5. The van der Waals surface area contributed by atoms with Crippen LogP contribution in [0.1, 0.15) is 47.2 Å². The van der Waals surface area contributed by atoms with Crippen LogP contribution in [-0.4, -0.2) is 70.2 Å². The minimum absolute atomic E-state index is 0.0303. The van der Waals surface area contributed by atoms with E-state index in [0.29, 0.717) is 19.4 Å². The number of fused-ring (bicyclic) bond motifs is 1. The molecule has 1 fully saturated rings. The summed E-state index contributed by atoms with van der Waals surface area (Å²) in [4.78, 5) is 26.0. The summed E-state index contributed by atoms with van der Waals surface area (Å²) in [5.74, 6) is 0.333. The molecule has 1 amide bonds. The van der Waals surface area contributed by atoms with E-state index in [1.165, 1.54) is 5.56 Å². The van der Waals surface area contributed by atoms with Crippen molar-refractivity contribution in [2.45, 2.75) is 50.9 Å². The Morgan fingerprint density at radius 1 is 0.961 bits per heavy atom. The first kappa shape index (κ1) is 36.9. The predicted molar refractivity (Wildman–Crippen MR) is 185 cm³/mol. The largest absolute Gasteiger partial charge is 0.497 e. The van der Waals surface area contributed by atoms with Crippen molar-refractivity contribution >= 4 is 22.8 Å². The molecular weight excluding hydrogens is 665 g/mol. The number of methoxy groups -OCH3 is 2. The third-order valence-corrected chi connectivity index (χ3v) is 8.84. The van der Waals surface area contributed by atoms with Crippen molar-refractivity contribution < 1.29 is 37.3 Å². The summed E-state index contributed by atoms with van der Waals surface area (Å²) >= 11 is 0. The van der Waals surface area contributed by atoms with Crippen LogP contribution in [0.3, 0.4) is 0 Å². The summed E-state index contributed by atoms with van der Waals surface area (Å²) in [6, 6.07) is 24.1. The number of carbonyl (C=O) groups is 2. The molecule has 0 spiro atoms. The molecule has 0 bridgehead atoms. The summed E-state index contributed by atoms with van der Waals surface area (Å²) in [5, 5.41) is 24.6. The van der Waals surface area contributed by atoms with Gasteiger partial charge in [0.2, 0.25) is 5.91 Å². The van der Waals surface area contributed by atoms with Gasteiger partial charge in [0.25, 0.3) is 0 Å². The number of halogens is 3. The average Bonchev–Trinajstić information content (AvgIpc) is 3.74. The number of amides is 1. The van der Waals surface area contributed by atoms with Crippen LogP contribution >= 0.6 is 0 Å². The Bertz CT molecular complexity index is 1900. The number of piperidine rings is 1. The highest BCUT2D eigenvalue weighted by molar-refractivity contribution is 5.83. The maximum atomic E-state index is 13.7. The fraction of sp³-hybridized carbons (Fsp3) is 0.351. The third kappa shape index (κ3) is 9.66. The first-order chi connectivity index (χ1) is 24.6. The second kappa shape index (κ2) is 17.0. The van der Waals surface area contributed by atoms with Gasteiger partial charge in [-0.25, -0.2) is 4.79 Å². The number of carboxylic acids is 1. The predicted octanol–water partition coefficient (Wildman–Crippen LogP) is 5.64. The van der Waals surface area contributed by atoms with Gasteiger partial charge in [0, 0.05) is 47.5 Å². The Morgan fingerprint density at radius 2 is 1.67 bits per heavy atom. The molecule has 2 aromatic heterocycles. The number of para-hydroxylation sites is 1. The molecule has 1 aliphatic rings. The number of hydrogen-bond donors (Lipinski definition) is 4. The number of rotatable bonds is 12. The molecule has 5 aromatic rings. The lowest BCUT2D eigenvalue weighted by molar-refractivity contribution is -0.192. The quantitative estimate of drug-likeness (QED) is 0.131. The number of ether oxygens (including phenoxy) is 2. The van der Waals surface area contributed by atoms with Crippen molar-refractivity contribution in [1.82, 2.24) is 30.4 Å². The molecule has 11 nitrogen and oxygen atoms in total. The number of hydrogen-bond acceptors (Lipinski definition) is 7. The second-order valence-corrected chi connectivity index (χ2v) is 12.2. The van der Waals surface area contributed by atoms with Gasteiger partial charge in [-0.3, -0.25) is 4.79 Å². The van der Waals surface area contributed by atoms with Crippen LogP contribution in [0.5, 0.6) is 11.5 Å². The van der Waals surface area contributed by atoms with Crippen molar-refractivity contribution in [2.24, 2.45) is 5.92 Å². The minimum atomic E-state index is -5.08. The molecule has 14 heteroatoms. The summed E-state index contributed by atoms with van der Waals surface area (Å²) < 4.78 is 45.1. The fourth-order valence-electron chi connectivity index (χ4n) is 6.12. The number of H-pyrrole nitrogens is 1. The van der Waals surface area contributed by atoms with E-state index in [0.717, 1.165) is 77.5 Å². The molecule has 0 radical (unpaired) electrons. The van der Waals surface area contributed by atoms with Gasteiger partial charge in [0.15, 0.2) is 5.82 Å². The molecule has 4 N–H and O–H groups in total. The van der Waals surface area contributed by atoms with Gasteiger partial charge in [-0.05, 0) is 61.7 Å². The van der Waals surface area contributed by atoms with Crippen LogP contribution in [0.25, 0.3) is 10.9 Å². The lowest BCUT2D eigenvalue weighted by Gasteiger charge is -2.26. The summed E-state index contributed by atoms with van der Waals surface area (Å²) in [7, 11) is 3.31. The Labute approximate surface area is 293 Å². The monoisotopic (exact) mass is 706 g/mol. The molecule has 1 atom stereocenters. The van der Waals surface area contributed by atoms with Crippen molar-refractivity contribution in [2.75, 3.05) is 27.3 Å². The lowest BCUT2D eigenvalue weighted by atomic mass is 9.96. The highest BCUT2D eigenvalue weighted by Gasteiger charge is 2.38. The zero-order chi connectivity index (χ0) is 36.4. The number of carboxylic acid groups (broad SMARTS) is 1. The molecule has 270 valence electrons. The van der Waals surface area contributed by atoms with Gasteiger partial charge in [-0.2, -0.15) is 13.2 Å². The fourth-order valence-corrected chi connectivity index (χ4v) is 6.12. The maximum Gasteiger partial charge on any atom is 0.490 e. The normalized spacial score (nSPS) is 14.0. The Kier molecular flexibility index (Phi) is 12.3. The van der Waals surface area contributed by atoms with Crippen LogP contribution in [-0.2, 0) is 35.4 Å². The maximum absolute atomic E-state index is 13.7. The number of aliphatic carboxylic acids is 1. The van der Waals surface area contributed by atoms with Gasteiger partial charge in [0.1, 0.15) is 17.3 Å². The zero-order valence-corrected chi connectivity index (χ0v) is 28.4. The van der Waals surface area contributed by atoms with E-state index in [1.54, 1.807) is 14.2 Å². The number of aromatic amines is 1. The summed E-state index contributed by atoms with van der Waals surface area (Å²) in [6.07, 6.45) is 0.716. The first-order valence-electron chi connectivity index (χ1n) is 16.6. The number of nitrogens with one attached hydrogen (secondary N) is 3. The standard InChI is InChI=1S/C35H40N6O3.C2HF3O2/c1-43-28-14-13-26(32(21-28)44-2)23-41-33(15-12-24-8-4-3-5-9-24)39-40-34(41)31(38-35(42)25-16-18-36-19-17-25)20-27-22-37-30-11-7-6-10-29(27)30;3-2(4,5)1(6)7/h3-11,13-14,21-22,25,31,36-37H,12,15-20,23H2,1-2H3,(H,38,42);(H,6,7)/t31-;/m1./s1. The van der Waals surface area contributed by atoms with Crippen LogP contribution in [0.4, 0.5) is 13.2 Å². The second-order valence-electron chi connectivity index (χ2n) is 12.2. The highest BCUT2D eigenvalue weighted by Crippen LogP contribution is 2.29. The van der Waals surface area contributed by atoms with Crippen LogP contribution in [0.2, 0.25) is 0 Å². The van der Waals surface area contributed by atoms with Gasteiger partial charge in [-0.1, -0.05) is 48.5 Å². The molecule has 3 heterocycles. The van der Waals surface area contributed by atoms with Crippen LogP contribution < -0.4 is 20.1 Å². The van der Waals surface area contributed by atoms with E-state index in [9.17, 15) is 18.0 Å². The molecule has 0 saturated carbocycles. The topological polar surface area (TPSA) is 143 Å². The van der Waals surface area contributed by atoms with Gasteiger partial charge in [-0.15, -0.1) is 10.2 Å². The van der Waals surface area contributed by atoms with E-state index in [4.69, 9.17) is 29.6 Å². The highest BCUT2D eigenvalue weighted by atomic mass is 19.4. The number of alkyl halides is 3. The van der Waals surface area contributed by atoms with Crippen molar-refractivity contribution in [3.05, 3.63) is 107 Å². The number of benzene rings is 3. The number of nitrogens with zero attached hydrogens (tertiary/aromatic N) is 3. The molecule has 3 aromatic carbocycles. The van der Waals surface area contributed by atoms with E-state index < -0.39 is 12.1 Å². The Balaban J connectivity index is 0.000000654. The molecule has 0 aliphatic carbocycles. The van der Waals surface area contributed by atoms with E-state index >= 15 is 0 Å². The number of aryl methyl sites for hydroxylation is 2. The zero-order valence-electron chi connectivity index (χ0n) is 28.4. The van der Waals surface area contributed by atoms with Crippen LogP contribution in [0, 0.1) is 5.92 Å². The summed E-state index contributed by atoms with van der Waals surface area (Å²) in [5.41, 5.74) is 4.41. The van der Waals surface area contributed by atoms with Gasteiger partial charge >= 0.3 is 12.1 Å². The molecule has 51 heavy (non-hydrogen) atoms. The first-order valence-corrected chi connectivity index (χ1v) is 16.6. The number of aromatic nitrogens is 4. The smallest absolute Gasteiger partial charge is 0.490 e. The van der Waals surface area contributed by atoms with Gasteiger partial charge < -0.3 is 34.8 Å². The van der Waals surface area contributed by atoms with Crippen molar-refractivity contribution in [3.63, 3.8) is 0 Å². The van der Waals surface area contributed by atoms with Gasteiger partial charge in [0.05, 0.1) is 26.8 Å². The average molecular weight is 707 g/mol. The van der Waals surface area contributed by atoms with E-state index in [-0.39, 0.29) is 17.9 Å².